The maximum absolute atomic E-state index is 5.78. The van der Waals surface area contributed by atoms with Gasteiger partial charge >= 0.3 is 0 Å². The molecule has 2 aromatic rings. The Labute approximate surface area is 125 Å². The number of nitrogens with zero attached hydrogens (tertiary/aromatic N) is 3. The van der Waals surface area contributed by atoms with Crippen LogP contribution in [-0.2, 0) is 6.54 Å². The molecule has 1 aromatic carbocycles. The van der Waals surface area contributed by atoms with Gasteiger partial charge in [-0.15, -0.1) is 10.2 Å². The Morgan fingerprint density at radius 1 is 1.38 bits per heavy atom. The van der Waals surface area contributed by atoms with Gasteiger partial charge in [-0.05, 0) is 45.5 Å². The van der Waals surface area contributed by atoms with E-state index < -0.39 is 0 Å². The molecule has 0 aliphatic carbocycles. The van der Waals surface area contributed by atoms with E-state index in [1.54, 1.807) is 0 Å². The Morgan fingerprint density at radius 2 is 2.29 bits per heavy atom. The van der Waals surface area contributed by atoms with Gasteiger partial charge in [-0.25, -0.2) is 0 Å². The summed E-state index contributed by atoms with van der Waals surface area (Å²) in [6.45, 7) is 4.90. The summed E-state index contributed by atoms with van der Waals surface area (Å²) in [7, 11) is 2.09. The minimum Gasteiger partial charge on any atom is -0.419 e. The molecule has 1 atom stereocenters. The average molecular weight is 286 g/mol. The Morgan fingerprint density at radius 3 is 3.05 bits per heavy atom. The van der Waals surface area contributed by atoms with Gasteiger partial charge in [0.25, 0.3) is 0 Å². The van der Waals surface area contributed by atoms with E-state index >= 15 is 0 Å². The molecule has 5 heteroatoms. The second-order valence-corrected chi connectivity index (χ2v) is 5.86. The third-order valence-corrected chi connectivity index (χ3v) is 3.83. The predicted molar refractivity (Wildman–Crippen MR) is 81.8 cm³/mol. The minimum atomic E-state index is 0.592. The van der Waals surface area contributed by atoms with Crippen LogP contribution in [0.4, 0.5) is 0 Å². The molecule has 1 fully saturated rings. The first kappa shape index (κ1) is 14.2. The highest BCUT2D eigenvalue weighted by Crippen LogP contribution is 2.19. The highest BCUT2D eigenvalue weighted by molar-refractivity contribution is 5.53. The average Bonchev–Trinajstić information content (AvgIpc) is 3.10. The molecule has 2 heterocycles. The normalized spacial score (nSPS) is 18.5. The number of likely N-dealkylation sites (N-methyl/N-ethyl adjacent to an activating group) is 1. The summed E-state index contributed by atoms with van der Waals surface area (Å²) in [6.07, 6.45) is 2.53. The summed E-state index contributed by atoms with van der Waals surface area (Å²) in [5.41, 5.74) is 2.17. The topological polar surface area (TPSA) is 54.2 Å². The van der Waals surface area contributed by atoms with Crippen LogP contribution in [0.1, 0.15) is 24.3 Å². The van der Waals surface area contributed by atoms with Gasteiger partial charge in [0.05, 0.1) is 6.54 Å². The number of hydrogen-bond donors (Lipinski definition) is 1. The molecule has 0 amide bonds. The van der Waals surface area contributed by atoms with Crippen LogP contribution < -0.4 is 5.32 Å². The second-order valence-electron chi connectivity index (χ2n) is 5.86. The van der Waals surface area contributed by atoms with E-state index in [1.165, 1.54) is 18.4 Å². The minimum absolute atomic E-state index is 0.592. The van der Waals surface area contributed by atoms with E-state index in [-0.39, 0.29) is 0 Å². The van der Waals surface area contributed by atoms with Gasteiger partial charge in [0.2, 0.25) is 11.8 Å². The quantitative estimate of drug-likeness (QED) is 0.913. The third kappa shape index (κ3) is 3.68. The van der Waals surface area contributed by atoms with E-state index in [0.29, 0.717) is 24.4 Å². The number of benzene rings is 1. The Hall–Kier alpha value is -1.72. The van der Waals surface area contributed by atoms with E-state index in [1.807, 2.05) is 12.1 Å². The summed E-state index contributed by atoms with van der Waals surface area (Å²) < 4.78 is 5.78. The highest BCUT2D eigenvalue weighted by atomic mass is 16.4. The largest absolute Gasteiger partial charge is 0.419 e. The molecule has 0 saturated carbocycles. The zero-order valence-electron chi connectivity index (χ0n) is 12.7. The Balaban J connectivity index is 1.62. The molecule has 112 valence electrons. The lowest BCUT2D eigenvalue weighted by molar-refractivity contribution is 0.265. The van der Waals surface area contributed by atoms with Gasteiger partial charge in [-0.3, -0.25) is 4.90 Å². The fourth-order valence-electron chi connectivity index (χ4n) is 2.80. The summed E-state index contributed by atoms with van der Waals surface area (Å²) >= 11 is 0. The molecule has 1 aliphatic rings. The first-order valence-corrected chi connectivity index (χ1v) is 7.52. The maximum atomic E-state index is 5.78. The zero-order valence-corrected chi connectivity index (χ0v) is 12.7. The fourth-order valence-corrected chi connectivity index (χ4v) is 2.80. The van der Waals surface area contributed by atoms with Crippen molar-refractivity contribution in [1.82, 2.24) is 20.4 Å². The lowest BCUT2D eigenvalue weighted by Crippen LogP contribution is -2.35. The summed E-state index contributed by atoms with van der Waals surface area (Å²) in [6, 6.07) is 8.71. The van der Waals surface area contributed by atoms with Crippen LogP contribution in [0, 0.1) is 6.92 Å². The van der Waals surface area contributed by atoms with E-state index in [9.17, 15) is 0 Å². The number of aryl methyl sites for hydroxylation is 1. The molecular weight excluding hydrogens is 264 g/mol. The van der Waals surface area contributed by atoms with Crippen molar-refractivity contribution in [3.8, 4) is 11.5 Å². The zero-order chi connectivity index (χ0) is 14.7. The fraction of sp³-hybridized carbons (Fsp3) is 0.500. The highest BCUT2D eigenvalue weighted by Gasteiger charge is 2.17. The second kappa shape index (κ2) is 6.37. The SMILES string of the molecule is Cc1cccc(-c2nnc(CN(C)CC3CCCN3)o2)c1. The van der Waals surface area contributed by atoms with Crippen LogP contribution in [0.3, 0.4) is 0 Å². The number of rotatable bonds is 5. The van der Waals surface area contributed by atoms with Crippen molar-refractivity contribution in [2.45, 2.75) is 32.4 Å². The Bertz CT molecular complexity index is 589. The van der Waals surface area contributed by atoms with Gasteiger partial charge in [-0.2, -0.15) is 0 Å². The van der Waals surface area contributed by atoms with Gasteiger partial charge in [-0.1, -0.05) is 17.7 Å². The lowest BCUT2D eigenvalue weighted by Gasteiger charge is -2.19. The maximum Gasteiger partial charge on any atom is 0.247 e. The molecule has 21 heavy (non-hydrogen) atoms. The molecule has 0 spiro atoms. The van der Waals surface area contributed by atoms with Crippen LogP contribution in [0.25, 0.3) is 11.5 Å². The van der Waals surface area contributed by atoms with Crippen molar-refractivity contribution in [1.29, 1.82) is 0 Å². The van der Waals surface area contributed by atoms with Crippen molar-refractivity contribution in [3.05, 3.63) is 35.7 Å². The van der Waals surface area contributed by atoms with E-state index in [4.69, 9.17) is 4.42 Å². The van der Waals surface area contributed by atoms with Crippen molar-refractivity contribution in [2.75, 3.05) is 20.1 Å². The molecule has 1 saturated heterocycles. The van der Waals surface area contributed by atoms with Gasteiger partial charge in [0.15, 0.2) is 0 Å². The van der Waals surface area contributed by atoms with Gasteiger partial charge < -0.3 is 9.73 Å². The number of hydrogen-bond acceptors (Lipinski definition) is 5. The van der Waals surface area contributed by atoms with Crippen molar-refractivity contribution < 1.29 is 4.42 Å². The molecular formula is C16H22N4O. The molecule has 0 radical (unpaired) electrons. The van der Waals surface area contributed by atoms with Crippen molar-refractivity contribution in [3.63, 3.8) is 0 Å². The molecule has 1 aromatic heterocycles. The predicted octanol–water partition coefficient (Wildman–Crippen LogP) is 2.23. The molecule has 5 nitrogen and oxygen atoms in total. The van der Waals surface area contributed by atoms with E-state index in [2.05, 4.69) is 46.5 Å². The lowest BCUT2D eigenvalue weighted by atomic mass is 10.1. The van der Waals surface area contributed by atoms with Gasteiger partial charge in [0.1, 0.15) is 0 Å². The smallest absolute Gasteiger partial charge is 0.247 e. The van der Waals surface area contributed by atoms with Crippen LogP contribution in [0.5, 0.6) is 0 Å². The molecule has 0 bridgehead atoms. The molecule has 3 rings (SSSR count). The molecule has 1 unspecified atom stereocenters. The summed E-state index contributed by atoms with van der Waals surface area (Å²) in [5.74, 6) is 1.27. The molecule has 1 aliphatic heterocycles. The standard InChI is InChI=1S/C16H22N4O/c1-12-5-3-6-13(9-12)16-19-18-15(21-16)11-20(2)10-14-7-4-8-17-14/h3,5-6,9,14,17H,4,7-8,10-11H2,1-2H3. The monoisotopic (exact) mass is 286 g/mol. The first-order chi connectivity index (χ1) is 10.2. The van der Waals surface area contributed by atoms with Crippen molar-refractivity contribution >= 4 is 0 Å². The van der Waals surface area contributed by atoms with Crippen LogP contribution in [-0.4, -0.2) is 41.3 Å². The van der Waals surface area contributed by atoms with Crippen LogP contribution in [0.15, 0.2) is 28.7 Å². The molecule has 1 N–H and O–H groups in total. The first-order valence-electron chi connectivity index (χ1n) is 7.52. The number of nitrogens with one attached hydrogen (secondary N) is 1. The van der Waals surface area contributed by atoms with Crippen LogP contribution >= 0.6 is 0 Å². The van der Waals surface area contributed by atoms with Gasteiger partial charge in [0, 0.05) is 18.2 Å². The Kier molecular flexibility index (Phi) is 4.31. The number of aromatic nitrogens is 2. The van der Waals surface area contributed by atoms with Crippen LogP contribution in [0.2, 0.25) is 0 Å². The summed E-state index contributed by atoms with van der Waals surface area (Å²) in [4.78, 5) is 2.23. The summed E-state index contributed by atoms with van der Waals surface area (Å²) in [5, 5.41) is 11.8. The van der Waals surface area contributed by atoms with Crippen molar-refractivity contribution in [2.24, 2.45) is 0 Å². The third-order valence-electron chi connectivity index (χ3n) is 3.83. The van der Waals surface area contributed by atoms with E-state index in [0.717, 1.165) is 18.7 Å².